The molecule has 0 fully saturated rings. The zero-order valence-electron chi connectivity index (χ0n) is 9.19. The summed E-state index contributed by atoms with van der Waals surface area (Å²) in [6.45, 7) is 5.27. The van der Waals surface area contributed by atoms with Gasteiger partial charge in [-0.25, -0.2) is 9.59 Å². The van der Waals surface area contributed by atoms with Gasteiger partial charge in [0.2, 0.25) is 0 Å². The Balaban J connectivity index is 3.82. The first kappa shape index (κ1) is 13.5. The van der Waals surface area contributed by atoms with Crippen LogP contribution in [0.25, 0.3) is 0 Å². The molecule has 1 atom stereocenters. The number of carbonyl (C=O) groups excluding carboxylic acids is 2. The SMILES string of the molecule is C/C=C/COC(=O)[C@H](C)OC(=O)OCC. The number of carbonyl (C=O) groups is 2. The molecule has 0 unspecified atom stereocenters. The van der Waals surface area contributed by atoms with Gasteiger partial charge in [-0.15, -0.1) is 0 Å². The Hall–Kier alpha value is -1.52. The quantitative estimate of drug-likeness (QED) is 0.516. The lowest BCUT2D eigenvalue weighted by Gasteiger charge is -2.11. The van der Waals surface area contributed by atoms with Crippen LogP contribution in [-0.4, -0.2) is 31.4 Å². The normalized spacial score (nSPS) is 12.2. The zero-order valence-corrected chi connectivity index (χ0v) is 9.19. The van der Waals surface area contributed by atoms with Crippen molar-refractivity contribution < 1.29 is 23.8 Å². The van der Waals surface area contributed by atoms with Crippen LogP contribution in [0.2, 0.25) is 0 Å². The van der Waals surface area contributed by atoms with Gasteiger partial charge >= 0.3 is 12.1 Å². The molecule has 0 amide bonds. The van der Waals surface area contributed by atoms with Crippen LogP contribution in [0.15, 0.2) is 12.2 Å². The molecule has 0 bridgehead atoms. The summed E-state index contributed by atoms with van der Waals surface area (Å²) in [4.78, 5) is 22.0. The van der Waals surface area contributed by atoms with E-state index in [1.807, 2.05) is 6.92 Å². The van der Waals surface area contributed by atoms with Crippen LogP contribution in [0.5, 0.6) is 0 Å². The van der Waals surface area contributed by atoms with E-state index in [1.165, 1.54) is 6.92 Å². The van der Waals surface area contributed by atoms with Gasteiger partial charge < -0.3 is 14.2 Å². The molecular formula is C10H16O5. The second kappa shape index (κ2) is 7.84. The molecule has 0 saturated carbocycles. The number of hydrogen-bond donors (Lipinski definition) is 0. The number of hydrogen-bond acceptors (Lipinski definition) is 5. The van der Waals surface area contributed by atoms with E-state index in [-0.39, 0.29) is 13.2 Å². The van der Waals surface area contributed by atoms with Crippen LogP contribution >= 0.6 is 0 Å². The van der Waals surface area contributed by atoms with E-state index in [1.54, 1.807) is 19.1 Å². The maximum atomic E-state index is 11.2. The lowest BCUT2D eigenvalue weighted by atomic mass is 10.4. The molecule has 0 aliphatic rings. The molecule has 86 valence electrons. The number of rotatable bonds is 5. The molecule has 0 aromatic rings. The lowest BCUT2D eigenvalue weighted by Crippen LogP contribution is -2.26. The molecule has 0 aromatic heterocycles. The average Bonchev–Trinajstić information content (AvgIpc) is 2.18. The molecule has 0 aliphatic carbocycles. The Morgan fingerprint density at radius 1 is 1.33 bits per heavy atom. The van der Waals surface area contributed by atoms with E-state index >= 15 is 0 Å². The van der Waals surface area contributed by atoms with E-state index in [9.17, 15) is 9.59 Å². The topological polar surface area (TPSA) is 61.8 Å². The van der Waals surface area contributed by atoms with E-state index in [0.29, 0.717) is 0 Å². The molecule has 0 saturated heterocycles. The second-order valence-electron chi connectivity index (χ2n) is 2.64. The fourth-order valence-corrected chi connectivity index (χ4v) is 0.688. The Morgan fingerprint density at radius 2 is 2.00 bits per heavy atom. The Morgan fingerprint density at radius 3 is 2.53 bits per heavy atom. The van der Waals surface area contributed by atoms with E-state index in [2.05, 4.69) is 9.47 Å². The largest absolute Gasteiger partial charge is 0.509 e. The van der Waals surface area contributed by atoms with Crippen LogP contribution in [0, 0.1) is 0 Å². The minimum Gasteiger partial charge on any atom is -0.459 e. The van der Waals surface area contributed by atoms with Crippen molar-refractivity contribution >= 4 is 12.1 Å². The molecule has 15 heavy (non-hydrogen) atoms. The summed E-state index contributed by atoms with van der Waals surface area (Å²) in [5.74, 6) is -0.596. The molecule has 0 heterocycles. The third-order valence-electron chi connectivity index (χ3n) is 1.42. The molecule has 0 spiro atoms. The van der Waals surface area contributed by atoms with Crippen molar-refractivity contribution in [3.63, 3.8) is 0 Å². The first-order valence-electron chi connectivity index (χ1n) is 4.73. The van der Waals surface area contributed by atoms with E-state index in [0.717, 1.165) is 0 Å². The third kappa shape index (κ3) is 6.54. The molecule has 5 heteroatoms. The van der Waals surface area contributed by atoms with Gasteiger partial charge in [0.1, 0.15) is 6.61 Å². The Bertz CT molecular complexity index is 234. The van der Waals surface area contributed by atoms with Crippen LogP contribution in [0.4, 0.5) is 4.79 Å². The second-order valence-corrected chi connectivity index (χ2v) is 2.64. The first-order valence-corrected chi connectivity index (χ1v) is 4.73. The molecule has 5 nitrogen and oxygen atoms in total. The van der Waals surface area contributed by atoms with Crippen LogP contribution in [0.1, 0.15) is 20.8 Å². The maximum Gasteiger partial charge on any atom is 0.509 e. The highest BCUT2D eigenvalue weighted by Gasteiger charge is 2.19. The summed E-state index contributed by atoms with van der Waals surface area (Å²) in [6, 6.07) is 0. The zero-order chi connectivity index (χ0) is 11.7. The number of allylic oxidation sites excluding steroid dienone is 1. The summed E-state index contributed by atoms with van der Waals surface area (Å²) in [7, 11) is 0. The monoisotopic (exact) mass is 216 g/mol. The number of esters is 1. The van der Waals surface area contributed by atoms with Gasteiger partial charge in [-0.1, -0.05) is 12.2 Å². The van der Waals surface area contributed by atoms with Gasteiger partial charge in [0.05, 0.1) is 6.61 Å². The summed E-state index contributed by atoms with van der Waals surface area (Å²) in [5, 5.41) is 0. The first-order chi connectivity index (χ1) is 7.11. The minimum absolute atomic E-state index is 0.172. The van der Waals surface area contributed by atoms with Gasteiger partial charge in [0, 0.05) is 0 Å². The maximum absolute atomic E-state index is 11.2. The van der Waals surface area contributed by atoms with Gasteiger partial charge in [-0.2, -0.15) is 0 Å². The minimum atomic E-state index is -0.950. The van der Waals surface area contributed by atoms with Crippen molar-refractivity contribution in [2.24, 2.45) is 0 Å². The Labute approximate surface area is 89.0 Å². The van der Waals surface area contributed by atoms with Crippen molar-refractivity contribution in [3.05, 3.63) is 12.2 Å². The van der Waals surface area contributed by atoms with E-state index in [4.69, 9.17) is 4.74 Å². The van der Waals surface area contributed by atoms with Crippen LogP contribution in [0.3, 0.4) is 0 Å². The number of ether oxygens (including phenoxy) is 3. The average molecular weight is 216 g/mol. The van der Waals surface area contributed by atoms with Crippen molar-refractivity contribution in [2.75, 3.05) is 13.2 Å². The van der Waals surface area contributed by atoms with Crippen molar-refractivity contribution in [2.45, 2.75) is 26.9 Å². The summed E-state index contributed by atoms with van der Waals surface area (Å²) in [5.41, 5.74) is 0. The predicted octanol–water partition coefficient (Wildman–Crippen LogP) is 1.67. The summed E-state index contributed by atoms with van der Waals surface area (Å²) >= 11 is 0. The Kier molecular flexibility index (Phi) is 7.05. The van der Waals surface area contributed by atoms with Gasteiger partial charge in [-0.05, 0) is 20.8 Å². The fourth-order valence-electron chi connectivity index (χ4n) is 0.688. The fraction of sp³-hybridized carbons (Fsp3) is 0.600. The molecule has 0 N–H and O–H groups in total. The smallest absolute Gasteiger partial charge is 0.459 e. The highest BCUT2D eigenvalue weighted by Crippen LogP contribution is 1.97. The van der Waals surface area contributed by atoms with Crippen molar-refractivity contribution in [1.82, 2.24) is 0 Å². The van der Waals surface area contributed by atoms with Gasteiger partial charge in [0.15, 0.2) is 6.10 Å². The third-order valence-corrected chi connectivity index (χ3v) is 1.42. The van der Waals surface area contributed by atoms with Gasteiger partial charge in [-0.3, -0.25) is 0 Å². The molecule has 0 radical (unpaired) electrons. The lowest BCUT2D eigenvalue weighted by molar-refractivity contribution is -0.152. The molecule has 0 rings (SSSR count). The molecule has 0 aromatic carbocycles. The summed E-state index contributed by atoms with van der Waals surface area (Å²) in [6.07, 6.45) is 1.61. The molecule has 0 aliphatic heterocycles. The molecular weight excluding hydrogens is 200 g/mol. The van der Waals surface area contributed by atoms with Gasteiger partial charge in [0.25, 0.3) is 0 Å². The highest BCUT2D eigenvalue weighted by molar-refractivity contribution is 5.77. The van der Waals surface area contributed by atoms with E-state index < -0.39 is 18.2 Å². The highest BCUT2D eigenvalue weighted by atomic mass is 16.7. The van der Waals surface area contributed by atoms with Crippen LogP contribution in [-0.2, 0) is 19.0 Å². The summed E-state index contributed by atoms with van der Waals surface area (Å²) < 4.78 is 13.9. The predicted molar refractivity (Wildman–Crippen MR) is 53.3 cm³/mol. The van der Waals surface area contributed by atoms with Crippen molar-refractivity contribution in [1.29, 1.82) is 0 Å². The standard InChI is InChI=1S/C10H16O5/c1-4-6-7-14-9(11)8(3)15-10(12)13-5-2/h4,6,8H,5,7H2,1-3H3/b6-4+/t8-/m0/s1. The van der Waals surface area contributed by atoms with Crippen LogP contribution < -0.4 is 0 Å². The van der Waals surface area contributed by atoms with Crippen molar-refractivity contribution in [3.8, 4) is 0 Å².